The van der Waals surface area contributed by atoms with E-state index in [0.29, 0.717) is 10.3 Å². The highest BCUT2D eigenvalue weighted by atomic mass is 32.2. The number of amides is 1. The summed E-state index contributed by atoms with van der Waals surface area (Å²) in [4.78, 5) is 15.7. The Labute approximate surface area is 144 Å². The Morgan fingerprint density at radius 2 is 2.13 bits per heavy atom. The first-order valence-electron chi connectivity index (χ1n) is 7.52. The number of rotatable bonds is 3. The molecule has 0 radical (unpaired) electrons. The summed E-state index contributed by atoms with van der Waals surface area (Å²) in [6, 6.07) is 13.3. The number of fused-ring (bicyclic) bond motifs is 1. The van der Waals surface area contributed by atoms with Gasteiger partial charge in [0.15, 0.2) is 6.20 Å². The van der Waals surface area contributed by atoms with Gasteiger partial charge < -0.3 is 10.1 Å². The number of aromatic nitrogens is 1. The van der Waals surface area contributed by atoms with E-state index >= 15 is 0 Å². The quantitative estimate of drug-likeness (QED) is 0.486. The van der Waals surface area contributed by atoms with E-state index in [1.165, 1.54) is 18.0 Å². The lowest BCUT2D eigenvalue weighted by atomic mass is 10.2. The predicted octanol–water partition coefficient (Wildman–Crippen LogP) is 3.33. The zero-order valence-corrected chi connectivity index (χ0v) is 14.5. The predicted molar refractivity (Wildman–Crippen MR) is 94.9 cm³/mol. The maximum Gasteiger partial charge on any atom is 0.251 e. The summed E-state index contributed by atoms with van der Waals surface area (Å²) < 4.78 is 0.798. The zero-order chi connectivity index (χ0) is 16.2. The first kappa shape index (κ1) is 16.2. The van der Waals surface area contributed by atoms with E-state index in [1.807, 2.05) is 34.9 Å². The second-order valence-electron chi connectivity index (χ2n) is 5.38. The molecule has 0 fully saturated rings. The average molecular weight is 346 g/mol. The van der Waals surface area contributed by atoms with Gasteiger partial charge in [-0.1, -0.05) is 19.1 Å². The first-order chi connectivity index (χ1) is 11.1. The molecule has 1 aromatic heterocycles. The van der Waals surface area contributed by atoms with Crippen LogP contribution in [-0.2, 0) is 4.79 Å². The number of anilines is 1. The van der Waals surface area contributed by atoms with Crippen LogP contribution in [0.3, 0.4) is 0 Å². The number of thioether (sulfide) groups is 2. The Balaban J connectivity index is 1.75. The molecule has 0 unspecified atom stereocenters. The Bertz CT molecular complexity index is 708. The monoisotopic (exact) mass is 346 g/mol. The van der Waals surface area contributed by atoms with Crippen LogP contribution in [0.2, 0.25) is 0 Å². The number of nitrogens with zero attached hydrogens (tertiary/aromatic N) is 2. The number of carbonyl (C=O) groups excluding carboxylic acids is 1. The topological polar surface area (TPSA) is 47.2 Å². The molecule has 4 nitrogen and oxygen atoms in total. The summed E-state index contributed by atoms with van der Waals surface area (Å²) in [5, 5.41) is 12.7. The highest BCUT2D eigenvalue weighted by molar-refractivity contribution is 8.00. The molecule has 2 aromatic rings. The first-order valence-corrected chi connectivity index (χ1v) is 9.38. The molecule has 0 spiro atoms. The second-order valence-corrected chi connectivity index (χ2v) is 7.86. The molecule has 1 aromatic carbocycles. The molecule has 2 heterocycles. The van der Waals surface area contributed by atoms with Gasteiger partial charge in [-0.05, 0) is 36.4 Å². The zero-order valence-electron chi connectivity index (χ0n) is 12.8. The number of benzene rings is 1. The van der Waals surface area contributed by atoms with Crippen molar-refractivity contribution in [2.75, 3.05) is 17.2 Å². The normalized spacial score (nSPS) is 17.4. The Hall–Kier alpha value is -1.66. The standard InChI is InChI=1S/C17H18N2O2S2/c1-13-9-11-18(14-6-2-3-7-15(14)23-13)16(20)12-22-17-8-4-5-10-19(17)21/h2-8,10,13H,9,11-12H2,1H3/t13-/m1/s1. The third kappa shape index (κ3) is 3.82. The van der Waals surface area contributed by atoms with Crippen molar-refractivity contribution in [3.05, 3.63) is 53.9 Å². The van der Waals surface area contributed by atoms with Gasteiger partial charge in [-0.25, -0.2) is 0 Å². The van der Waals surface area contributed by atoms with Crippen LogP contribution in [0.25, 0.3) is 0 Å². The maximum atomic E-state index is 12.7. The summed E-state index contributed by atoms with van der Waals surface area (Å²) in [6.07, 6.45) is 2.41. The number of pyridine rings is 1. The molecule has 0 saturated carbocycles. The van der Waals surface area contributed by atoms with Gasteiger partial charge in [0.05, 0.1) is 11.4 Å². The molecule has 0 N–H and O–H groups in total. The molecular formula is C17H18N2O2S2. The van der Waals surface area contributed by atoms with Crippen LogP contribution in [0.15, 0.2) is 58.6 Å². The van der Waals surface area contributed by atoms with E-state index in [0.717, 1.165) is 28.3 Å². The highest BCUT2D eigenvalue weighted by Crippen LogP contribution is 2.37. The fourth-order valence-electron chi connectivity index (χ4n) is 2.48. The molecule has 6 heteroatoms. The van der Waals surface area contributed by atoms with E-state index in [-0.39, 0.29) is 11.7 Å². The van der Waals surface area contributed by atoms with Crippen molar-refractivity contribution >= 4 is 35.1 Å². The second kappa shape index (κ2) is 7.27. The molecule has 120 valence electrons. The Morgan fingerprint density at radius 1 is 1.35 bits per heavy atom. The molecular weight excluding hydrogens is 328 g/mol. The van der Waals surface area contributed by atoms with Crippen LogP contribution >= 0.6 is 23.5 Å². The fraction of sp³-hybridized carbons (Fsp3) is 0.294. The van der Waals surface area contributed by atoms with Gasteiger partial charge in [-0.2, -0.15) is 4.73 Å². The third-order valence-corrected chi connectivity index (χ3v) is 5.92. The van der Waals surface area contributed by atoms with E-state index in [1.54, 1.807) is 18.2 Å². The number of carbonyl (C=O) groups is 1. The number of hydrogen-bond donors (Lipinski definition) is 0. The molecule has 1 amide bonds. The summed E-state index contributed by atoms with van der Waals surface area (Å²) in [5.41, 5.74) is 0.982. The van der Waals surface area contributed by atoms with Crippen LogP contribution in [0.5, 0.6) is 0 Å². The van der Waals surface area contributed by atoms with Crippen molar-refractivity contribution < 1.29 is 9.52 Å². The lowest BCUT2D eigenvalue weighted by Crippen LogP contribution is -2.34. The van der Waals surface area contributed by atoms with Gasteiger partial charge >= 0.3 is 0 Å². The van der Waals surface area contributed by atoms with Crippen LogP contribution in [0, 0.1) is 5.21 Å². The average Bonchev–Trinajstić information content (AvgIpc) is 2.72. The molecule has 0 aliphatic carbocycles. The van der Waals surface area contributed by atoms with Gasteiger partial charge in [-0.15, -0.1) is 11.8 Å². The molecule has 23 heavy (non-hydrogen) atoms. The van der Waals surface area contributed by atoms with E-state index in [9.17, 15) is 10.0 Å². The van der Waals surface area contributed by atoms with Gasteiger partial charge in [0, 0.05) is 28.8 Å². The number of para-hydroxylation sites is 1. The molecule has 1 aliphatic rings. The summed E-state index contributed by atoms with van der Waals surface area (Å²) in [7, 11) is 0. The molecule has 0 saturated heterocycles. The van der Waals surface area contributed by atoms with Crippen molar-refractivity contribution in [3.8, 4) is 0 Å². The SMILES string of the molecule is C[C@@H]1CCN(C(=O)CSc2cccc[n+]2[O-])c2ccccc2S1. The smallest absolute Gasteiger partial charge is 0.251 e. The van der Waals surface area contributed by atoms with E-state index in [4.69, 9.17) is 0 Å². The van der Waals surface area contributed by atoms with Crippen molar-refractivity contribution in [3.63, 3.8) is 0 Å². The molecule has 1 atom stereocenters. The Kier molecular flexibility index (Phi) is 5.13. The fourth-order valence-corrected chi connectivity index (χ4v) is 4.39. The lowest BCUT2D eigenvalue weighted by molar-refractivity contribution is -0.645. The highest BCUT2D eigenvalue weighted by Gasteiger charge is 2.24. The van der Waals surface area contributed by atoms with Crippen molar-refractivity contribution in [2.24, 2.45) is 0 Å². The van der Waals surface area contributed by atoms with Crippen LogP contribution in [0.4, 0.5) is 5.69 Å². The molecule has 0 bridgehead atoms. The molecule has 3 rings (SSSR count). The lowest BCUT2D eigenvalue weighted by Gasteiger charge is -2.22. The van der Waals surface area contributed by atoms with E-state index in [2.05, 4.69) is 13.0 Å². The molecule has 1 aliphatic heterocycles. The third-order valence-electron chi connectivity index (χ3n) is 3.68. The van der Waals surface area contributed by atoms with E-state index < -0.39 is 0 Å². The van der Waals surface area contributed by atoms with Crippen molar-refractivity contribution in [2.45, 2.75) is 28.5 Å². The minimum Gasteiger partial charge on any atom is -0.618 e. The Morgan fingerprint density at radius 3 is 2.96 bits per heavy atom. The summed E-state index contributed by atoms with van der Waals surface area (Å²) in [6.45, 7) is 2.91. The minimum absolute atomic E-state index is 0.0426. The van der Waals surface area contributed by atoms with Crippen LogP contribution in [-0.4, -0.2) is 23.5 Å². The largest absolute Gasteiger partial charge is 0.618 e. The van der Waals surface area contributed by atoms with Gasteiger partial charge in [0.1, 0.15) is 0 Å². The minimum atomic E-state index is 0.0426. The number of hydrogen-bond acceptors (Lipinski definition) is 4. The maximum absolute atomic E-state index is 12.7. The van der Waals surface area contributed by atoms with Gasteiger partial charge in [0.25, 0.3) is 5.03 Å². The van der Waals surface area contributed by atoms with Crippen molar-refractivity contribution in [1.82, 2.24) is 0 Å². The van der Waals surface area contributed by atoms with Crippen LogP contribution in [0.1, 0.15) is 13.3 Å². The van der Waals surface area contributed by atoms with Crippen molar-refractivity contribution in [1.29, 1.82) is 0 Å². The van der Waals surface area contributed by atoms with Crippen LogP contribution < -0.4 is 9.63 Å². The summed E-state index contributed by atoms with van der Waals surface area (Å²) >= 11 is 3.10. The summed E-state index contributed by atoms with van der Waals surface area (Å²) in [5.74, 6) is 0.306. The van der Waals surface area contributed by atoms with Gasteiger partial charge in [-0.3, -0.25) is 4.79 Å². The van der Waals surface area contributed by atoms with Gasteiger partial charge in [0.2, 0.25) is 5.91 Å².